The molecule has 166 valence electrons. The maximum Gasteiger partial charge on any atom is 0.257 e. The summed E-state index contributed by atoms with van der Waals surface area (Å²) in [7, 11) is 2.16. The van der Waals surface area contributed by atoms with E-state index in [4.69, 9.17) is 23.2 Å². The van der Waals surface area contributed by atoms with Gasteiger partial charge in [-0.1, -0.05) is 29.3 Å². The molecule has 0 aliphatic carbocycles. The van der Waals surface area contributed by atoms with Crippen LogP contribution < -0.4 is 10.2 Å². The fourth-order valence-electron chi connectivity index (χ4n) is 4.02. The van der Waals surface area contributed by atoms with E-state index in [0.717, 1.165) is 30.0 Å². The van der Waals surface area contributed by atoms with Crippen LogP contribution in [0.15, 0.2) is 60.8 Å². The van der Waals surface area contributed by atoms with Crippen LogP contribution in [0.4, 0.5) is 11.4 Å². The Morgan fingerprint density at radius 3 is 2.41 bits per heavy atom. The third-order valence-electron chi connectivity index (χ3n) is 6.09. The minimum atomic E-state index is -0.268. The molecule has 0 bridgehead atoms. The topological polar surface area (TPSA) is 48.5 Å². The van der Waals surface area contributed by atoms with E-state index < -0.39 is 0 Å². The van der Waals surface area contributed by atoms with Gasteiger partial charge in [0.2, 0.25) is 0 Å². The Bertz CT molecular complexity index is 1110. The summed E-state index contributed by atoms with van der Waals surface area (Å²) < 4.78 is 0. The van der Waals surface area contributed by atoms with Gasteiger partial charge < -0.3 is 10.2 Å². The quantitative estimate of drug-likeness (QED) is 0.522. The van der Waals surface area contributed by atoms with Crippen LogP contribution in [0.2, 0.25) is 10.0 Å². The van der Waals surface area contributed by atoms with E-state index in [9.17, 15) is 4.79 Å². The van der Waals surface area contributed by atoms with Crippen molar-refractivity contribution in [3.63, 3.8) is 0 Å². The smallest absolute Gasteiger partial charge is 0.257 e. The standard InChI is InChI=1S/C25H26Cl2N4O/c1-16-14-31(15-17(2)30(16)3)19-8-9-20(23(27)13-19)25(32)29-18-7-10-22(26)21(12-18)24-6-4-5-11-28-24/h4-13,16-17H,14-15H2,1-3H3,(H,29,32)/t16-,17+. The number of aromatic nitrogens is 1. The molecule has 0 saturated carbocycles. The first kappa shape index (κ1) is 22.6. The van der Waals surface area contributed by atoms with Gasteiger partial charge in [-0.15, -0.1) is 0 Å². The first-order chi connectivity index (χ1) is 15.3. The summed E-state index contributed by atoms with van der Waals surface area (Å²) in [6.07, 6.45) is 1.71. The highest BCUT2D eigenvalue weighted by molar-refractivity contribution is 6.35. The molecule has 1 aliphatic heterocycles. The van der Waals surface area contributed by atoms with Gasteiger partial charge in [0.25, 0.3) is 5.91 Å². The minimum Gasteiger partial charge on any atom is -0.368 e. The number of carbonyl (C=O) groups is 1. The van der Waals surface area contributed by atoms with E-state index in [1.54, 1.807) is 24.4 Å². The number of piperazine rings is 1. The van der Waals surface area contributed by atoms with Gasteiger partial charge in [0.05, 0.1) is 21.3 Å². The predicted octanol–water partition coefficient (Wildman–Crippen LogP) is 5.84. The number of likely N-dealkylation sites (N-methyl/N-ethyl adjacent to an activating group) is 1. The highest BCUT2D eigenvalue weighted by Gasteiger charge is 2.27. The average molecular weight is 469 g/mol. The number of rotatable bonds is 4. The lowest BCUT2D eigenvalue weighted by atomic mass is 10.1. The van der Waals surface area contributed by atoms with Crippen LogP contribution >= 0.6 is 23.2 Å². The number of amides is 1. The van der Waals surface area contributed by atoms with Crippen LogP contribution in [0.3, 0.4) is 0 Å². The second-order valence-electron chi connectivity index (χ2n) is 8.30. The number of nitrogens with zero attached hydrogens (tertiary/aromatic N) is 3. The van der Waals surface area contributed by atoms with E-state index in [1.165, 1.54) is 0 Å². The molecule has 1 aromatic heterocycles. The summed E-state index contributed by atoms with van der Waals surface area (Å²) in [4.78, 5) is 22.0. The maximum atomic E-state index is 12.9. The summed E-state index contributed by atoms with van der Waals surface area (Å²) in [5.41, 5.74) is 3.58. The van der Waals surface area contributed by atoms with E-state index in [-0.39, 0.29) is 5.91 Å². The van der Waals surface area contributed by atoms with Crippen LogP contribution in [-0.2, 0) is 0 Å². The van der Waals surface area contributed by atoms with Crippen molar-refractivity contribution in [1.29, 1.82) is 0 Å². The van der Waals surface area contributed by atoms with Gasteiger partial charge in [-0.25, -0.2) is 0 Å². The van der Waals surface area contributed by atoms with Crippen LogP contribution in [0.25, 0.3) is 11.3 Å². The van der Waals surface area contributed by atoms with Crippen LogP contribution in [-0.4, -0.2) is 48.0 Å². The maximum absolute atomic E-state index is 12.9. The van der Waals surface area contributed by atoms with Crippen molar-refractivity contribution in [2.24, 2.45) is 0 Å². The number of carbonyl (C=O) groups excluding carboxylic acids is 1. The molecule has 2 aromatic carbocycles. The predicted molar refractivity (Wildman–Crippen MR) is 133 cm³/mol. The minimum absolute atomic E-state index is 0.268. The zero-order chi connectivity index (χ0) is 22.8. The van der Waals surface area contributed by atoms with Gasteiger partial charge >= 0.3 is 0 Å². The molecule has 0 unspecified atom stereocenters. The first-order valence-corrected chi connectivity index (χ1v) is 11.4. The van der Waals surface area contributed by atoms with Gasteiger partial charge in [-0.05, 0) is 69.4 Å². The van der Waals surface area contributed by atoms with Crippen molar-refractivity contribution < 1.29 is 4.79 Å². The van der Waals surface area contributed by atoms with Crippen LogP contribution in [0, 0.1) is 0 Å². The van der Waals surface area contributed by atoms with Crippen molar-refractivity contribution in [3.05, 3.63) is 76.4 Å². The molecule has 4 rings (SSSR count). The molecule has 1 saturated heterocycles. The Morgan fingerprint density at radius 2 is 1.75 bits per heavy atom. The summed E-state index contributed by atoms with van der Waals surface area (Å²) >= 11 is 12.9. The summed E-state index contributed by atoms with van der Waals surface area (Å²) in [5.74, 6) is -0.268. The fourth-order valence-corrected chi connectivity index (χ4v) is 4.49. The van der Waals surface area contributed by atoms with Gasteiger partial charge in [-0.2, -0.15) is 0 Å². The molecular formula is C25H26Cl2N4O. The number of halogens is 2. The van der Waals surface area contributed by atoms with Crippen molar-refractivity contribution in [2.75, 3.05) is 30.4 Å². The van der Waals surface area contributed by atoms with Crippen molar-refractivity contribution in [1.82, 2.24) is 9.88 Å². The molecule has 2 heterocycles. The summed E-state index contributed by atoms with van der Waals surface area (Å²) in [6.45, 7) is 6.28. The highest BCUT2D eigenvalue weighted by Crippen LogP contribution is 2.31. The van der Waals surface area contributed by atoms with E-state index in [2.05, 4.69) is 41.0 Å². The second kappa shape index (κ2) is 9.49. The summed E-state index contributed by atoms with van der Waals surface area (Å²) in [6, 6.07) is 17.5. The van der Waals surface area contributed by atoms with E-state index >= 15 is 0 Å². The van der Waals surface area contributed by atoms with Crippen molar-refractivity contribution in [2.45, 2.75) is 25.9 Å². The Morgan fingerprint density at radius 1 is 1.00 bits per heavy atom. The third kappa shape index (κ3) is 4.75. The number of hydrogen-bond donors (Lipinski definition) is 1. The monoisotopic (exact) mass is 468 g/mol. The van der Waals surface area contributed by atoms with Gasteiger partial charge in [0.1, 0.15) is 0 Å². The van der Waals surface area contributed by atoms with Crippen LogP contribution in [0.1, 0.15) is 24.2 Å². The molecular weight excluding hydrogens is 443 g/mol. The molecule has 0 radical (unpaired) electrons. The Balaban J connectivity index is 1.52. The van der Waals surface area contributed by atoms with E-state index in [1.807, 2.05) is 36.4 Å². The third-order valence-corrected chi connectivity index (χ3v) is 6.73. The van der Waals surface area contributed by atoms with Gasteiger partial charge in [0.15, 0.2) is 0 Å². The Kier molecular flexibility index (Phi) is 6.70. The Hall–Kier alpha value is -2.60. The molecule has 1 N–H and O–H groups in total. The Labute approximate surface area is 199 Å². The lowest BCUT2D eigenvalue weighted by Crippen LogP contribution is -2.55. The molecule has 3 aromatic rings. The molecule has 1 fully saturated rings. The molecule has 2 atom stereocenters. The lowest BCUT2D eigenvalue weighted by Gasteiger charge is -2.43. The molecule has 7 heteroatoms. The fraction of sp³-hybridized carbons (Fsp3) is 0.280. The molecule has 5 nitrogen and oxygen atoms in total. The summed E-state index contributed by atoms with van der Waals surface area (Å²) in [5, 5.41) is 3.92. The number of hydrogen-bond acceptors (Lipinski definition) is 4. The van der Waals surface area contributed by atoms with Gasteiger partial charge in [-0.3, -0.25) is 14.7 Å². The van der Waals surface area contributed by atoms with Gasteiger partial charge in [0, 0.05) is 48.3 Å². The SMILES string of the molecule is C[C@@H]1CN(c2ccc(C(=O)Nc3ccc(Cl)c(-c4ccccn4)c3)c(Cl)c2)C[C@H](C)N1C. The van der Waals surface area contributed by atoms with Crippen LogP contribution in [0.5, 0.6) is 0 Å². The molecule has 1 aliphatic rings. The van der Waals surface area contributed by atoms with Crippen molar-refractivity contribution in [3.8, 4) is 11.3 Å². The number of benzene rings is 2. The number of pyridine rings is 1. The zero-order valence-corrected chi connectivity index (χ0v) is 19.9. The normalized spacial score (nSPS) is 19.1. The second-order valence-corrected chi connectivity index (χ2v) is 9.11. The molecule has 32 heavy (non-hydrogen) atoms. The zero-order valence-electron chi connectivity index (χ0n) is 18.3. The molecule has 1 amide bonds. The largest absolute Gasteiger partial charge is 0.368 e. The number of nitrogens with one attached hydrogen (secondary N) is 1. The number of anilines is 2. The lowest BCUT2D eigenvalue weighted by molar-refractivity contribution is 0.102. The highest BCUT2D eigenvalue weighted by atomic mass is 35.5. The average Bonchev–Trinajstić information content (AvgIpc) is 2.78. The first-order valence-electron chi connectivity index (χ1n) is 10.6. The van der Waals surface area contributed by atoms with Crippen molar-refractivity contribution >= 4 is 40.5 Å². The molecule has 0 spiro atoms. The van der Waals surface area contributed by atoms with E-state index in [0.29, 0.717) is 33.4 Å².